The Balaban J connectivity index is 1.42. The lowest BCUT2D eigenvalue weighted by atomic mass is 9.95. The summed E-state index contributed by atoms with van der Waals surface area (Å²) in [5, 5.41) is 3.02. The highest BCUT2D eigenvalue weighted by atomic mass is 32.2. The summed E-state index contributed by atoms with van der Waals surface area (Å²) in [5.74, 6) is 0.390. The summed E-state index contributed by atoms with van der Waals surface area (Å²) in [4.78, 5) is 12.4. The lowest BCUT2D eigenvalue weighted by Crippen LogP contribution is -2.39. The Labute approximate surface area is 178 Å². The number of ether oxygens (including phenoxy) is 1. The predicted octanol–water partition coefficient (Wildman–Crippen LogP) is 3.57. The van der Waals surface area contributed by atoms with Crippen molar-refractivity contribution in [3.05, 3.63) is 53.6 Å². The molecule has 2 aromatic rings. The molecule has 30 heavy (non-hydrogen) atoms. The Kier molecular flexibility index (Phi) is 5.99. The Morgan fingerprint density at radius 3 is 2.67 bits per heavy atom. The maximum Gasteiger partial charge on any atom is 0.264 e. The summed E-state index contributed by atoms with van der Waals surface area (Å²) in [6, 6.07) is 12.6. The molecule has 0 saturated heterocycles. The van der Waals surface area contributed by atoms with Crippen molar-refractivity contribution in [1.29, 1.82) is 0 Å². The maximum atomic E-state index is 13.2. The largest absolute Gasteiger partial charge is 0.484 e. The standard InChI is InChI=1S/C23H28N2O4S/c1-17-15-20(30(27,28)25-14-13-18-7-5-6-10-21(18)25)11-12-22(17)29-16-23(26)24-19-8-3-2-4-9-19/h5-7,10-12,15,19H,2-4,8-9,13-14,16H2,1H3,(H,24,26). The van der Waals surface area contributed by atoms with Crippen LogP contribution in [0.5, 0.6) is 5.75 Å². The first-order valence-corrected chi connectivity index (χ1v) is 12.0. The van der Waals surface area contributed by atoms with Crippen LogP contribution < -0.4 is 14.4 Å². The molecule has 2 aromatic carbocycles. The molecule has 7 heteroatoms. The molecular weight excluding hydrogens is 400 g/mol. The first-order valence-electron chi connectivity index (χ1n) is 10.6. The van der Waals surface area contributed by atoms with Crippen LogP contribution in [0.1, 0.15) is 43.2 Å². The van der Waals surface area contributed by atoms with Crippen LogP contribution in [0.15, 0.2) is 47.4 Å². The van der Waals surface area contributed by atoms with Crippen LogP contribution in [-0.2, 0) is 21.2 Å². The molecule has 0 radical (unpaired) electrons. The number of hydrogen-bond donors (Lipinski definition) is 1. The van der Waals surface area contributed by atoms with Crippen molar-refractivity contribution >= 4 is 21.6 Å². The molecule has 4 rings (SSSR count). The number of carbonyl (C=O) groups is 1. The summed E-state index contributed by atoms with van der Waals surface area (Å²) in [5.41, 5.74) is 2.48. The molecule has 1 heterocycles. The fourth-order valence-corrected chi connectivity index (χ4v) is 5.88. The smallest absolute Gasteiger partial charge is 0.264 e. The number of nitrogens with one attached hydrogen (secondary N) is 1. The molecule has 0 atom stereocenters. The zero-order chi connectivity index (χ0) is 21.1. The van der Waals surface area contributed by atoms with Gasteiger partial charge in [-0.3, -0.25) is 9.10 Å². The van der Waals surface area contributed by atoms with Crippen molar-refractivity contribution in [1.82, 2.24) is 5.32 Å². The highest BCUT2D eigenvalue weighted by Crippen LogP contribution is 2.33. The first kappa shape index (κ1) is 20.7. The van der Waals surface area contributed by atoms with Crippen molar-refractivity contribution < 1.29 is 17.9 Å². The highest BCUT2D eigenvalue weighted by molar-refractivity contribution is 7.92. The lowest BCUT2D eigenvalue weighted by Gasteiger charge is -2.23. The van der Waals surface area contributed by atoms with Crippen molar-refractivity contribution in [2.24, 2.45) is 0 Å². The fourth-order valence-electron chi connectivity index (χ4n) is 4.29. The van der Waals surface area contributed by atoms with Crippen LogP contribution >= 0.6 is 0 Å². The molecule has 1 N–H and O–H groups in total. The Hall–Kier alpha value is -2.54. The zero-order valence-corrected chi connectivity index (χ0v) is 18.1. The average Bonchev–Trinajstić information content (AvgIpc) is 3.18. The van der Waals surface area contributed by atoms with E-state index < -0.39 is 10.0 Å². The van der Waals surface area contributed by atoms with Crippen LogP contribution in [0, 0.1) is 6.92 Å². The third-order valence-corrected chi connectivity index (χ3v) is 7.72. The van der Waals surface area contributed by atoms with E-state index in [0.717, 1.165) is 36.9 Å². The number of anilines is 1. The van der Waals surface area contributed by atoms with E-state index in [1.54, 1.807) is 25.1 Å². The van der Waals surface area contributed by atoms with Gasteiger partial charge in [0.2, 0.25) is 0 Å². The molecule has 6 nitrogen and oxygen atoms in total. The molecule has 0 bridgehead atoms. The van der Waals surface area contributed by atoms with Crippen LogP contribution in [0.25, 0.3) is 0 Å². The van der Waals surface area contributed by atoms with Crippen molar-refractivity contribution in [3.63, 3.8) is 0 Å². The van der Waals surface area contributed by atoms with E-state index >= 15 is 0 Å². The maximum absolute atomic E-state index is 13.2. The molecule has 2 aliphatic rings. The Morgan fingerprint density at radius 2 is 1.90 bits per heavy atom. The van der Waals surface area contributed by atoms with Crippen LogP contribution in [0.2, 0.25) is 0 Å². The van der Waals surface area contributed by atoms with E-state index in [0.29, 0.717) is 24.3 Å². The normalized spacial score (nSPS) is 16.9. The van der Waals surface area contributed by atoms with Crippen molar-refractivity contribution in [2.45, 2.75) is 56.4 Å². The number of fused-ring (bicyclic) bond motifs is 1. The monoisotopic (exact) mass is 428 g/mol. The molecule has 1 aliphatic carbocycles. The Bertz CT molecular complexity index is 1030. The third kappa shape index (κ3) is 4.31. The summed E-state index contributed by atoms with van der Waals surface area (Å²) >= 11 is 0. The van der Waals surface area contributed by atoms with Gasteiger partial charge < -0.3 is 10.1 Å². The number of carbonyl (C=O) groups excluding carboxylic acids is 1. The number of amides is 1. The lowest BCUT2D eigenvalue weighted by molar-refractivity contribution is -0.124. The highest BCUT2D eigenvalue weighted by Gasteiger charge is 2.30. The van der Waals surface area contributed by atoms with Gasteiger partial charge in [0.25, 0.3) is 15.9 Å². The van der Waals surface area contributed by atoms with E-state index in [1.165, 1.54) is 10.7 Å². The van der Waals surface area contributed by atoms with Gasteiger partial charge >= 0.3 is 0 Å². The minimum absolute atomic E-state index is 0.0665. The van der Waals surface area contributed by atoms with Gasteiger partial charge in [-0.05, 0) is 61.6 Å². The summed E-state index contributed by atoms with van der Waals surface area (Å²) < 4.78 is 33.5. The first-order chi connectivity index (χ1) is 14.4. The quantitative estimate of drug-likeness (QED) is 0.763. The van der Waals surface area contributed by atoms with E-state index in [-0.39, 0.29) is 23.5 Å². The van der Waals surface area contributed by atoms with Gasteiger partial charge in [0, 0.05) is 12.6 Å². The van der Waals surface area contributed by atoms with Gasteiger partial charge in [-0.25, -0.2) is 8.42 Å². The van der Waals surface area contributed by atoms with Crippen molar-refractivity contribution in [2.75, 3.05) is 17.5 Å². The van der Waals surface area contributed by atoms with Gasteiger partial charge in [0.15, 0.2) is 6.61 Å². The predicted molar refractivity (Wildman–Crippen MR) is 116 cm³/mol. The van der Waals surface area contributed by atoms with E-state index in [9.17, 15) is 13.2 Å². The van der Waals surface area contributed by atoms with Crippen LogP contribution in [-0.4, -0.2) is 33.5 Å². The number of rotatable bonds is 6. The Morgan fingerprint density at radius 1 is 1.13 bits per heavy atom. The molecule has 0 aromatic heterocycles. The second-order valence-corrected chi connectivity index (χ2v) is 9.94. The van der Waals surface area contributed by atoms with Gasteiger partial charge in [-0.1, -0.05) is 37.5 Å². The number of benzene rings is 2. The van der Waals surface area contributed by atoms with Gasteiger partial charge in [0.1, 0.15) is 5.75 Å². The summed E-state index contributed by atoms with van der Waals surface area (Å²) in [6.45, 7) is 2.18. The van der Waals surface area contributed by atoms with E-state index in [2.05, 4.69) is 5.32 Å². The zero-order valence-electron chi connectivity index (χ0n) is 17.3. The molecule has 1 fully saturated rings. The third-order valence-electron chi connectivity index (χ3n) is 5.91. The van der Waals surface area contributed by atoms with Gasteiger partial charge in [0.05, 0.1) is 10.6 Å². The minimum atomic E-state index is -3.64. The van der Waals surface area contributed by atoms with E-state index in [4.69, 9.17) is 4.74 Å². The molecule has 0 spiro atoms. The van der Waals surface area contributed by atoms with E-state index in [1.807, 2.05) is 24.3 Å². The molecule has 1 amide bonds. The number of aryl methyl sites for hydroxylation is 1. The minimum Gasteiger partial charge on any atom is -0.484 e. The van der Waals surface area contributed by atoms with Gasteiger partial charge in [-0.2, -0.15) is 0 Å². The average molecular weight is 429 g/mol. The molecule has 1 saturated carbocycles. The number of nitrogens with zero attached hydrogens (tertiary/aromatic N) is 1. The van der Waals surface area contributed by atoms with Crippen LogP contribution in [0.3, 0.4) is 0 Å². The topological polar surface area (TPSA) is 75.7 Å². The van der Waals surface area contributed by atoms with Gasteiger partial charge in [-0.15, -0.1) is 0 Å². The second kappa shape index (κ2) is 8.68. The van der Waals surface area contributed by atoms with Crippen molar-refractivity contribution in [3.8, 4) is 5.75 Å². The summed E-state index contributed by atoms with van der Waals surface area (Å²) in [7, 11) is -3.64. The number of para-hydroxylation sites is 1. The second-order valence-electron chi connectivity index (χ2n) is 8.07. The van der Waals surface area contributed by atoms with Crippen LogP contribution in [0.4, 0.5) is 5.69 Å². The summed E-state index contributed by atoms with van der Waals surface area (Å²) in [6.07, 6.45) is 6.31. The molecule has 160 valence electrons. The number of sulfonamides is 1. The number of hydrogen-bond acceptors (Lipinski definition) is 4. The molecular formula is C23H28N2O4S. The molecule has 1 aliphatic heterocycles. The fraction of sp³-hybridized carbons (Fsp3) is 0.435. The molecule has 0 unspecified atom stereocenters. The SMILES string of the molecule is Cc1cc(S(=O)(=O)N2CCc3ccccc32)ccc1OCC(=O)NC1CCCCC1.